The molecule has 0 saturated heterocycles. The van der Waals surface area contributed by atoms with Gasteiger partial charge in [-0.3, -0.25) is 4.79 Å². The van der Waals surface area contributed by atoms with Crippen molar-refractivity contribution in [1.29, 1.82) is 0 Å². The summed E-state index contributed by atoms with van der Waals surface area (Å²) in [4.78, 5) is 10.8. The van der Waals surface area contributed by atoms with Gasteiger partial charge in [0.25, 0.3) is 0 Å². The number of carbonyl (C=O) groups is 1. The molecule has 4 heteroatoms. The standard InChI is InChI=1S/C10H13NO3/c11-6-10(5-9(12)13)3-1-8-7(10)2-4-14-8/h2,4H,1,3,5-6,11H2,(H,12,13). The van der Waals surface area contributed by atoms with Crippen LogP contribution >= 0.6 is 0 Å². The van der Waals surface area contributed by atoms with Crippen molar-refractivity contribution >= 4 is 5.97 Å². The van der Waals surface area contributed by atoms with Crippen molar-refractivity contribution in [2.45, 2.75) is 24.7 Å². The van der Waals surface area contributed by atoms with E-state index in [1.54, 1.807) is 6.26 Å². The maximum Gasteiger partial charge on any atom is 0.304 e. The Kier molecular flexibility index (Phi) is 2.07. The molecule has 3 N–H and O–H groups in total. The van der Waals surface area contributed by atoms with E-state index in [-0.39, 0.29) is 6.42 Å². The van der Waals surface area contributed by atoms with Crippen molar-refractivity contribution < 1.29 is 14.3 Å². The highest BCUT2D eigenvalue weighted by atomic mass is 16.4. The van der Waals surface area contributed by atoms with Gasteiger partial charge in [-0.15, -0.1) is 0 Å². The SMILES string of the molecule is NCC1(CC(=O)O)CCc2occc21. The molecule has 1 atom stereocenters. The van der Waals surface area contributed by atoms with Crippen LogP contribution in [0.1, 0.15) is 24.2 Å². The second-order valence-corrected chi connectivity index (χ2v) is 3.81. The van der Waals surface area contributed by atoms with Crippen LogP contribution in [-0.4, -0.2) is 17.6 Å². The fraction of sp³-hybridized carbons (Fsp3) is 0.500. The molecule has 1 unspecified atom stereocenters. The van der Waals surface area contributed by atoms with Crippen molar-refractivity contribution in [2.75, 3.05) is 6.54 Å². The lowest BCUT2D eigenvalue weighted by Gasteiger charge is -2.25. The van der Waals surface area contributed by atoms with Gasteiger partial charge in [0.1, 0.15) is 5.76 Å². The molecule has 0 radical (unpaired) electrons. The number of furan rings is 1. The summed E-state index contributed by atoms with van der Waals surface area (Å²) in [6.07, 6.45) is 3.28. The molecular formula is C10H13NO3. The molecule has 1 aliphatic carbocycles. The van der Waals surface area contributed by atoms with Gasteiger partial charge in [0.05, 0.1) is 12.7 Å². The quantitative estimate of drug-likeness (QED) is 0.751. The molecule has 2 rings (SSSR count). The third kappa shape index (κ3) is 1.23. The Morgan fingerprint density at radius 3 is 3.14 bits per heavy atom. The van der Waals surface area contributed by atoms with Crippen LogP contribution in [-0.2, 0) is 16.6 Å². The maximum atomic E-state index is 10.8. The summed E-state index contributed by atoms with van der Waals surface area (Å²) in [6.45, 7) is 0.367. The highest BCUT2D eigenvalue weighted by molar-refractivity contribution is 5.69. The Hall–Kier alpha value is -1.29. The van der Waals surface area contributed by atoms with Crippen molar-refractivity contribution in [3.63, 3.8) is 0 Å². The molecule has 0 saturated carbocycles. The van der Waals surface area contributed by atoms with E-state index < -0.39 is 11.4 Å². The lowest BCUT2D eigenvalue weighted by atomic mass is 9.80. The van der Waals surface area contributed by atoms with Gasteiger partial charge in [0.2, 0.25) is 0 Å². The minimum Gasteiger partial charge on any atom is -0.481 e. The molecule has 0 bridgehead atoms. The fourth-order valence-corrected chi connectivity index (χ4v) is 2.25. The average Bonchev–Trinajstić information content (AvgIpc) is 2.68. The van der Waals surface area contributed by atoms with Crippen LogP contribution in [0.15, 0.2) is 16.7 Å². The molecule has 76 valence electrons. The van der Waals surface area contributed by atoms with E-state index in [0.29, 0.717) is 6.54 Å². The van der Waals surface area contributed by atoms with Gasteiger partial charge in [0.15, 0.2) is 0 Å². The molecule has 1 aromatic rings. The predicted octanol–water partition coefficient (Wildman–Crippen LogP) is 0.897. The van der Waals surface area contributed by atoms with Crippen molar-refractivity contribution in [3.05, 3.63) is 23.7 Å². The summed E-state index contributed by atoms with van der Waals surface area (Å²) in [5.74, 6) is 0.0983. The van der Waals surface area contributed by atoms with Gasteiger partial charge < -0.3 is 15.3 Å². The average molecular weight is 195 g/mol. The minimum atomic E-state index is -0.801. The Labute approximate surface area is 81.7 Å². The monoisotopic (exact) mass is 195 g/mol. The summed E-state index contributed by atoms with van der Waals surface area (Å²) >= 11 is 0. The zero-order valence-electron chi connectivity index (χ0n) is 7.82. The first-order valence-electron chi connectivity index (χ1n) is 4.67. The Morgan fingerprint density at radius 2 is 2.50 bits per heavy atom. The molecule has 0 aromatic carbocycles. The smallest absolute Gasteiger partial charge is 0.304 e. The number of rotatable bonds is 3. The van der Waals surface area contributed by atoms with E-state index in [4.69, 9.17) is 15.3 Å². The Balaban J connectivity index is 2.35. The number of carboxylic acid groups (broad SMARTS) is 1. The van der Waals surface area contributed by atoms with E-state index in [1.807, 2.05) is 6.07 Å². The summed E-state index contributed by atoms with van der Waals surface area (Å²) in [7, 11) is 0. The largest absolute Gasteiger partial charge is 0.481 e. The Bertz CT molecular complexity index is 358. The van der Waals surface area contributed by atoms with Crippen LogP contribution in [0, 0.1) is 0 Å². The van der Waals surface area contributed by atoms with E-state index in [9.17, 15) is 4.79 Å². The van der Waals surface area contributed by atoms with Crippen molar-refractivity contribution in [2.24, 2.45) is 5.73 Å². The third-order valence-electron chi connectivity index (χ3n) is 3.03. The van der Waals surface area contributed by atoms with Gasteiger partial charge in [-0.05, 0) is 12.5 Å². The van der Waals surface area contributed by atoms with E-state index >= 15 is 0 Å². The highest BCUT2D eigenvalue weighted by Crippen LogP contribution is 2.41. The normalized spacial score (nSPS) is 24.9. The number of hydrogen-bond donors (Lipinski definition) is 2. The van der Waals surface area contributed by atoms with E-state index in [1.165, 1.54) is 0 Å². The molecule has 4 nitrogen and oxygen atoms in total. The molecular weight excluding hydrogens is 182 g/mol. The maximum absolute atomic E-state index is 10.8. The first kappa shape index (κ1) is 9.27. The first-order chi connectivity index (χ1) is 6.68. The Morgan fingerprint density at radius 1 is 1.71 bits per heavy atom. The zero-order valence-corrected chi connectivity index (χ0v) is 7.82. The lowest BCUT2D eigenvalue weighted by molar-refractivity contribution is -0.138. The summed E-state index contributed by atoms with van der Waals surface area (Å²) in [5, 5.41) is 8.85. The molecule has 14 heavy (non-hydrogen) atoms. The zero-order chi connectivity index (χ0) is 10.2. The van der Waals surface area contributed by atoms with Crippen molar-refractivity contribution in [1.82, 2.24) is 0 Å². The van der Waals surface area contributed by atoms with Gasteiger partial charge in [-0.1, -0.05) is 0 Å². The second-order valence-electron chi connectivity index (χ2n) is 3.81. The molecule has 0 fully saturated rings. The van der Waals surface area contributed by atoms with Crippen LogP contribution in [0.25, 0.3) is 0 Å². The van der Waals surface area contributed by atoms with Gasteiger partial charge >= 0.3 is 5.97 Å². The number of aryl methyl sites for hydroxylation is 1. The highest BCUT2D eigenvalue weighted by Gasteiger charge is 2.41. The van der Waals surface area contributed by atoms with Gasteiger partial charge in [-0.25, -0.2) is 0 Å². The molecule has 1 aromatic heterocycles. The topological polar surface area (TPSA) is 76.5 Å². The number of nitrogens with two attached hydrogens (primary N) is 1. The first-order valence-corrected chi connectivity index (χ1v) is 4.67. The number of hydrogen-bond acceptors (Lipinski definition) is 3. The van der Waals surface area contributed by atoms with Crippen LogP contribution in [0.2, 0.25) is 0 Å². The molecule has 1 heterocycles. The third-order valence-corrected chi connectivity index (χ3v) is 3.03. The fourth-order valence-electron chi connectivity index (χ4n) is 2.25. The minimum absolute atomic E-state index is 0.0933. The van der Waals surface area contributed by atoms with E-state index in [2.05, 4.69) is 0 Å². The summed E-state index contributed by atoms with van der Waals surface area (Å²) in [6, 6.07) is 1.85. The van der Waals surface area contributed by atoms with Crippen LogP contribution in [0.5, 0.6) is 0 Å². The number of fused-ring (bicyclic) bond motifs is 1. The van der Waals surface area contributed by atoms with Crippen molar-refractivity contribution in [3.8, 4) is 0 Å². The van der Waals surface area contributed by atoms with Gasteiger partial charge in [0, 0.05) is 23.9 Å². The van der Waals surface area contributed by atoms with E-state index in [0.717, 1.165) is 24.2 Å². The number of aliphatic carboxylic acids is 1. The van der Waals surface area contributed by atoms with Crippen LogP contribution in [0.3, 0.4) is 0 Å². The lowest BCUT2D eigenvalue weighted by Crippen LogP contribution is -2.35. The second kappa shape index (κ2) is 3.13. The predicted molar refractivity (Wildman–Crippen MR) is 50.0 cm³/mol. The summed E-state index contributed by atoms with van der Waals surface area (Å²) in [5.41, 5.74) is 6.28. The van der Waals surface area contributed by atoms with Crippen LogP contribution in [0.4, 0.5) is 0 Å². The molecule has 0 spiro atoms. The molecule has 1 aliphatic rings. The van der Waals surface area contributed by atoms with Crippen LogP contribution < -0.4 is 5.73 Å². The summed E-state index contributed by atoms with van der Waals surface area (Å²) < 4.78 is 5.27. The number of carboxylic acids is 1. The molecule has 0 amide bonds. The van der Waals surface area contributed by atoms with Gasteiger partial charge in [-0.2, -0.15) is 0 Å². The molecule has 0 aliphatic heterocycles.